The Morgan fingerprint density at radius 1 is 1.29 bits per heavy atom. The molecule has 11 heteroatoms. The molecule has 0 unspecified atom stereocenters. The third kappa shape index (κ3) is 5.84. The number of nitrogens with zero attached hydrogens (tertiary/aromatic N) is 3. The smallest absolute Gasteiger partial charge is 0.354 e. The molecule has 3 N–H and O–H groups in total. The third-order valence-electron chi connectivity index (χ3n) is 5.08. The van der Waals surface area contributed by atoms with E-state index in [0.29, 0.717) is 47.6 Å². The fourth-order valence-electron chi connectivity index (χ4n) is 3.30. The number of nitrogens with one attached hydrogen (secondary N) is 2. The zero-order valence-corrected chi connectivity index (χ0v) is 19.7. The first-order valence-corrected chi connectivity index (χ1v) is 11.9. The molecule has 2 aromatic rings. The van der Waals surface area contributed by atoms with Crippen molar-refractivity contribution in [1.82, 2.24) is 20.3 Å². The van der Waals surface area contributed by atoms with Gasteiger partial charge in [-0.1, -0.05) is 48.3 Å². The van der Waals surface area contributed by atoms with E-state index in [2.05, 4.69) is 27.2 Å². The zero-order chi connectivity index (χ0) is 22.5. The number of carboxylic acid groups (broad SMARTS) is 1. The Morgan fingerprint density at radius 2 is 2.00 bits per heavy atom. The SMILES string of the molecule is CCCCSc1nc(C(=O)O)cc(N2CCC(NC(=O)c3[nH]c(C)c(Cl)c3Cl)CC2)n1. The number of H-pyrrole nitrogens is 1. The van der Waals surface area contributed by atoms with Crippen molar-refractivity contribution in [2.45, 2.75) is 50.7 Å². The number of hydrogen-bond donors (Lipinski definition) is 3. The molecule has 3 heterocycles. The summed E-state index contributed by atoms with van der Waals surface area (Å²) in [6, 6.07) is 1.48. The summed E-state index contributed by atoms with van der Waals surface area (Å²) in [7, 11) is 0. The van der Waals surface area contributed by atoms with Crippen molar-refractivity contribution in [3.8, 4) is 0 Å². The predicted molar refractivity (Wildman–Crippen MR) is 123 cm³/mol. The van der Waals surface area contributed by atoms with Gasteiger partial charge in [-0.3, -0.25) is 4.79 Å². The van der Waals surface area contributed by atoms with Crippen LogP contribution in [-0.2, 0) is 0 Å². The van der Waals surface area contributed by atoms with Crippen LogP contribution in [0.15, 0.2) is 11.2 Å². The lowest BCUT2D eigenvalue weighted by molar-refractivity contribution is 0.0689. The first-order valence-electron chi connectivity index (χ1n) is 10.1. The summed E-state index contributed by atoms with van der Waals surface area (Å²) in [5.74, 6) is 0.0898. The molecule has 0 bridgehead atoms. The van der Waals surface area contributed by atoms with Gasteiger partial charge in [0.2, 0.25) is 0 Å². The van der Waals surface area contributed by atoms with E-state index in [1.54, 1.807) is 6.92 Å². The lowest BCUT2D eigenvalue weighted by Crippen LogP contribution is -2.45. The number of aromatic nitrogens is 3. The number of unbranched alkanes of at least 4 members (excludes halogenated alkanes) is 1. The van der Waals surface area contributed by atoms with Crippen LogP contribution >= 0.6 is 35.0 Å². The van der Waals surface area contributed by atoms with Crippen molar-refractivity contribution in [3.63, 3.8) is 0 Å². The van der Waals surface area contributed by atoms with Gasteiger partial charge in [-0.25, -0.2) is 14.8 Å². The molecular weight excluding hydrogens is 461 g/mol. The average Bonchev–Trinajstić information content (AvgIpc) is 3.01. The molecule has 2 aromatic heterocycles. The van der Waals surface area contributed by atoms with Crippen LogP contribution in [0.5, 0.6) is 0 Å². The molecule has 168 valence electrons. The van der Waals surface area contributed by atoms with E-state index in [1.165, 1.54) is 17.8 Å². The van der Waals surface area contributed by atoms with Crippen LogP contribution < -0.4 is 10.2 Å². The minimum Gasteiger partial charge on any atom is -0.477 e. The number of carboxylic acids is 1. The Bertz CT molecular complexity index is 961. The molecule has 0 aliphatic carbocycles. The van der Waals surface area contributed by atoms with Crippen LogP contribution in [0.4, 0.5) is 5.82 Å². The summed E-state index contributed by atoms with van der Waals surface area (Å²) >= 11 is 13.7. The van der Waals surface area contributed by atoms with Gasteiger partial charge in [0.15, 0.2) is 10.9 Å². The summed E-state index contributed by atoms with van der Waals surface area (Å²) in [6.45, 7) is 5.13. The average molecular weight is 486 g/mol. The maximum absolute atomic E-state index is 12.6. The van der Waals surface area contributed by atoms with Crippen molar-refractivity contribution in [3.05, 3.63) is 33.2 Å². The first-order chi connectivity index (χ1) is 14.8. The van der Waals surface area contributed by atoms with E-state index in [0.717, 1.165) is 18.6 Å². The van der Waals surface area contributed by atoms with Crippen molar-refractivity contribution in [2.75, 3.05) is 23.7 Å². The maximum atomic E-state index is 12.6. The number of thioether (sulfide) groups is 1. The van der Waals surface area contributed by atoms with Crippen molar-refractivity contribution < 1.29 is 14.7 Å². The van der Waals surface area contributed by atoms with Gasteiger partial charge in [-0.05, 0) is 26.2 Å². The van der Waals surface area contributed by atoms with Crippen LogP contribution in [0.1, 0.15) is 59.3 Å². The second-order valence-electron chi connectivity index (χ2n) is 7.39. The van der Waals surface area contributed by atoms with Crippen LogP contribution in [0.2, 0.25) is 10.0 Å². The van der Waals surface area contributed by atoms with E-state index in [9.17, 15) is 14.7 Å². The number of carbonyl (C=O) groups excluding carboxylic acids is 1. The second kappa shape index (κ2) is 10.6. The normalized spacial score (nSPS) is 14.6. The quantitative estimate of drug-likeness (QED) is 0.288. The number of carbonyl (C=O) groups is 2. The molecular formula is C20H25Cl2N5O3S. The number of aromatic carboxylic acids is 1. The number of anilines is 1. The van der Waals surface area contributed by atoms with E-state index in [1.807, 2.05) is 4.90 Å². The van der Waals surface area contributed by atoms with Crippen LogP contribution in [0.3, 0.4) is 0 Å². The Hall–Kier alpha value is -1.97. The number of halogens is 2. The van der Waals surface area contributed by atoms with E-state index < -0.39 is 5.97 Å². The van der Waals surface area contributed by atoms with Gasteiger partial charge in [0.05, 0.1) is 10.0 Å². The number of aryl methyl sites for hydroxylation is 1. The molecule has 1 amide bonds. The molecule has 0 spiro atoms. The van der Waals surface area contributed by atoms with Gasteiger partial charge in [-0.2, -0.15) is 0 Å². The Balaban J connectivity index is 1.63. The maximum Gasteiger partial charge on any atom is 0.354 e. The predicted octanol–water partition coefficient (Wildman–Crippen LogP) is 4.41. The van der Waals surface area contributed by atoms with Crippen molar-refractivity contribution in [1.29, 1.82) is 0 Å². The molecule has 0 aromatic carbocycles. The molecule has 1 aliphatic heterocycles. The summed E-state index contributed by atoms with van der Waals surface area (Å²) in [4.78, 5) is 37.7. The molecule has 31 heavy (non-hydrogen) atoms. The van der Waals surface area contributed by atoms with Crippen LogP contribution in [0, 0.1) is 6.92 Å². The summed E-state index contributed by atoms with van der Waals surface area (Å²) in [5.41, 5.74) is 0.910. The molecule has 3 rings (SSSR count). The van der Waals surface area contributed by atoms with E-state index in [-0.39, 0.29) is 28.4 Å². The highest BCUT2D eigenvalue weighted by Crippen LogP contribution is 2.29. The van der Waals surface area contributed by atoms with Crippen molar-refractivity contribution in [2.24, 2.45) is 0 Å². The number of aromatic amines is 1. The molecule has 0 atom stereocenters. The molecule has 1 saturated heterocycles. The lowest BCUT2D eigenvalue weighted by atomic mass is 10.0. The van der Waals surface area contributed by atoms with Gasteiger partial charge in [0.25, 0.3) is 5.91 Å². The molecule has 1 fully saturated rings. The number of hydrogen-bond acceptors (Lipinski definition) is 6. The highest BCUT2D eigenvalue weighted by atomic mass is 35.5. The van der Waals surface area contributed by atoms with Gasteiger partial charge in [-0.15, -0.1) is 0 Å². The number of rotatable bonds is 8. The first kappa shape index (κ1) is 23.7. The Labute approximate surface area is 195 Å². The van der Waals surface area contributed by atoms with Crippen LogP contribution in [0.25, 0.3) is 0 Å². The van der Waals surface area contributed by atoms with Gasteiger partial charge in [0, 0.05) is 36.6 Å². The molecule has 8 nitrogen and oxygen atoms in total. The Kier molecular flexibility index (Phi) is 8.07. The van der Waals surface area contributed by atoms with Crippen molar-refractivity contribution >= 4 is 52.7 Å². The van der Waals surface area contributed by atoms with Crippen LogP contribution in [-0.4, -0.2) is 56.8 Å². The molecule has 0 radical (unpaired) electrons. The standard InChI is InChI=1S/C20H25Cl2N5O3S/c1-3-4-9-31-20-25-13(19(29)30)10-14(26-20)27-7-5-12(6-8-27)24-18(28)17-16(22)15(21)11(2)23-17/h10,12,23H,3-9H2,1-2H3,(H,24,28)(H,29,30). The monoisotopic (exact) mass is 485 g/mol. The Morgan fingerprint density at radius 3 is 2.58 bits per heavy atom. The number of piperidine rings is 1. The minimum atomic E-state index is -1.07. The van der Waals surface area contributed by atoms with Gasteiger partial charge >= 0.3 is 5.97 Å². The fourth-order valence-corrected chi connectivity index (χ4v) is 4.65. The minimum absolute atomic E-state index is 0.00643. The fraction of sp³-hybridized carbons (Fsp3) is 0.500. The summed E-state index contributed by atoms with van der Waals surface area (Å²) < 4.78 is 0. The largest absolute Gasteiger partial charge is 0.477 e. The van der Waals surface area contributed by atoms with Gasteiger partial charge < -0.3 is 20.3 Å². The summed E-state index contributed by atoms with van der Waals surface area (Å²) in [5, 5.41) is 13.5. The highest BCUT2D eigenvalue weighted by molar-refractivity contribution is 7.99. The highest BCUT2D eigenvalue weighted by Gasteiger charge is 2.25. The zero-order valence-electron chi connectivity index (χ0n) is 17.4. The lowest BCUT2D eigenvalue weighted by Gasteiger charge is -2.33. The summed E-state index contributed by atoms with van der Waals surface area (Å²) in [6.07, 6.45) is 3.46. The third-order valence-corrected chi connectivity index (χ3v) is 6.96. The molecule has 0 saturated carbocycles. The second-order valence-corrected chi connectivity index (χ2v) is 9.21. The number of amides is 1. The van der Waals surface area contributed by atoms with E-state index >= 15 is 0 Å². The molecule has 1 aliphatic rings. The van der Waals surface area contributed by atoms with Gasteiger partial charge in [0.1, 0.15) is 11.5 Å². The van der Waals surface area contributed by atoms with E-state index in [4.69, 9.17) is 23.2 Å². The topological polar surface area (TPSA) is 111 Å².